The second-order valence-corrected chi connectivity index (χ2v) is 5.98. The number of hydrogen-bond acceptors (Lipinski definition) is 2. The molecule has 0 heterocycles. The Morgan fingerprint density at radius 1 is 1.14 bits per heavy atom. The molecule has 2 rings (SSSR count). The molecule has 116 valence electrons. The highest BCUT2D eigenvalue weighted by molar-refractivity contribution is 5.99. The second kappa shape index (κ2) is 7.12. The van der Waals surface area contributed by atoms with Gasteiger partial charge in [-0.2, -0.15) is 0 Å². The molecule has 0 amide bonds. The molecule has 1 aliphatic carbocycles. The van der Waals surface area contributed by atoms with E-state index in [1.54, 1.807) is 0 Å². The summed E-state index contributed by atoms with van der Waals surface area (Å²) in [6.45, 7) is 1.84. The molecule has 4 heteroatoms. The van der Waals surface area contributed by atoms with Gasteiger partial charge < -0.3 is 0 Å². The van der Waals surface area contributed by atoms with E-state index in [4.69, 9.17) is 0 Å². The van der Waals surface area contributed by atoms with Crippen molar-refractivity contribution in [2.24, 2.45) is 0 Å². The molecular formula is C17H23F2NO. The number of rotatable bonds is 4. The Labute approximate surface area is 125 Å². The zero-order valence-electron chi connectivity index (χ0n) is 12.7. The summed E-state index contributed by atoms with van der Waals surface area (Å²) in [5.41, 5.74) is 0.238. The fraction of sp³-hybridized carbons (Fsp3) is 0.588. The van der Waals surface area contributed by atoms with Gasteiger partial charge in [0.15, 0.2) is 17.4 Å². The lowest BCUT2D eigenvalue weighted by Crippen LogP contribution is -2.43. The topological polar surface area (TPSA) is 20.3 Å². The zero-order valence-corrected chi connectivity index (χ0v) is 12.7. The number of hydrogen-bond donors (Lipinski definition) is 0. The van der Waals surface area contributed by atoms with Gasteiger partial charge >= 0.3 is 0 Å². The zero-order chi connectivity index (χ0) is 15.4. The number of likely N-dealkylation sites (N-methyl/N-ethyl adjacent to an activating group) is 1. The molecule has 0 radical (unpaired) electrons. The van der Waals surface area contributed by atoms with Crippen LogP contribution in [0.15, 0.2) is 18.2 Å². The van der Waals surface area contributed by atoms with E-state index in [1.807, 2.05) is 14.0 Å². The van der Waals surface area contributed by atoms with Crippen LogP contribution in [0.5, 0.6) is 0 Å². The third-order valence-electron chi connectivity index (χ3n) is 4.60. The van der Waals surface area contributed by atoms with Crippen LogP contribution in [0.1, 0.15) is 55.8 Å². The first kappa shape index (κ1) is 16.1. The number of nitrogens with zero attached hydrogens (tertiary/aromatic N) is 1. The molecule has 1 saturated carbocycles. The largest absolute Gasteiger partial charge is 0.294 e. The average molecular weight is 295 g/mol. The van der Waals surface area contributed by atoms with Crippen LogP contribution in [0.4, 0.5) is 8.78 Å². The number of carbonyl (C=O) groups excluding carboxylic acids is 1. The lowest BCUT2D eigenvalue weighted by atomic mass is 10.0. The van der Waals surface area contributed by atoms with E-state index < -0.39 is 11.6 Å². The first-order valence-corrected chi connectivity index (χ1v) is 7.72. The minimum Gasteiger partial charge on any atom is -0.294 e. The van der Waals surface area contributed by atoms with E-state index in [0.29, 0.717) is 6.04 Å². The molecule has 1 unspecified atom stereocenters. The molecule has 1 aliphatic rings. The van der Waals surface area contributed by atoms with Crippen LogP contribution in [-0.2, 0) is 0 Å². The van der Waals surface area contributed by atoms with E-state index in [1.165, 1.54) is 31.7 Å². The fourth-order valence-corrected chi connectivity index (χ4v) is 3.06. The third-order valence-corrected chi connectivity index (χ3v) is 4.60. The first-order valence-electron chi connectivity index (χ1n) is 7.72. The number of ketones is 1. The molecule has 0 aromatic heterocycles. The van der Waals surface area contributed by atoms with Crippen molar-refractivity contribution in [3.8, 4) is 0 Å². The molecule has 21 heavy (non-hydrogen) atoms. The monoisotopic (exact) mass is 295 g/mol. The molecule has 0 saturated heterocycles. The summed E-state index contributed by atoms with van der Waals surface area (Å²) in [6.07, 6.45) is 7.12. The molecule has 0 N–H and O–H groups in total. The number of Topliss-reactive ketones (excluding diaryl/α,β-unsaturated/α-hetero) is 1. The Kier molecular flexibility index (Phi) is 5.45. The first-order chi connectivity index (χ1) is 10.0. The van der Waals surface area contributed by atoms with E-state index in [2.05, 4.69) is 4.90 Å². The number of benzene rings is 1. The molecule has 0 bridgehead atoms. The highest BCUT2D eigenvalue weighted by Crippen LogP contribution is 2.23. The maximum atomic E-state index is 13.3. The summed E-state index contributed by atoms with van der Waals surface area (Å²) >= 11 is 0. The molecule has 1 fully saturated rings. The maximum absolute atomic E-state index is 13.3. The normalized spacial score (nSPS) is 18.5. The molecule has 0 aliphatic heterocycles. The van der Waals surface area contributed by atoms with E-state index >= 15 is 0 Å². The van der Waals surface area contributed by atoms with Gasteiger partial charge in [0.2, 0.25) is 0 Å². The molecule has 2 nitrogen and oxygen atoms in total. The molecule has 1 atom stereocenters. The van der Waals surface area contributed by atoms with Crippen molar-refractivity contribution in [2.75, 3.05) is 7.05 Å². The van der Waals surface area contributed by atoms with Crippen molar-refractivity contribution in [1.29, 1.82) is 0 Å². The average Bonchev–Trinajstić information content (AvgIpc) is 2.77. The van der Waals surface area contributed by atoms with Crippen LogP contribution in [0, 0.1) is 11.6 Å². The Bertz CT molecular complexity index is 496. The Hall–Kier alpha value is -1.29. The maximum Gasteiger partial charge on any atom is 0.179 e. The Balaban J connectivity index is 2.08. The molecule has 0 spiro atoms. The van der Waals surface area contributed by atoms with Crippen LogP contribution in [0.2, 0.25) is 0 Å². The van der Waals surface area contributed by atoms with Gasteiger partial charge in [-0.05, 0) is 45.0 Å². The highest BCUT2D eigenvalue weighted by atomic mass is 19.2. The van der Waals surface area contributed by atoms with Crippen molar-refractivity contribution in [2.45, 2.75) is 57.5 Å². The van der Waals surface area contributed by atoms with E-state index in [0.717, 1.165) is 25.0 Å². The molecule has 1 aromatic carbocycles. The van der Waals surface area contributed by atoms with Gasteiger partial charge in [0, 0.05) is 11.6 Å². The fourth-order valence-electron chi connectivity index (χ4n) is 3.06. The predicted molar refractivity (Wildman–Crippen MR) is 79.4 cm³/mol. The van der Waals surface area contributed by atoms with Gasteiger partial charge in [-0.1, -0.05) is 25.7 Å². The van der Waals surface area contributed by atoms with Crippen LogP contribution >= 0.6 is 0 Å². The SMILES string of the molecule is CC(C(=O)c1ccc(F)c(F)c1)N(C)C1CCCCCC1. The standard InChI is InChI=1S/C17H23F2NO/c1-12(20(2)14-7-5-3-4-6-8-14)17(21)13-9-10-15(18)16(19)11-13/h9-12,14H,3-8H2,1-2H3. The minimum atomic E-state index is -0.967. The van der Waals surface area contributed by atoms with Gasteiger partial charge in [-0.15, -0.1) is 0 Å². The van der Waals surface area contributed by atoms with Crippen LogP contribution in [0.3, 0.4) is 0 Å². The summed E-state index contributed by atoms with van der Waals surface area (Å²) in [5, 5.41) is 0. The summed E-state index contributed by atoms with van der Waals surface area (Å²) < 4.78 is 26.2. The van der Waals surface area contributed by atoms with Crippen molar-refractivity contribution in [3.63, 3.8) is 0 Å². The van der Waals surface area contributed by atoms with Gasteiger partial charge in [0.25, 0.3) is 0 Å². The summed E-state index contributed by atoms with van der Waals surface area (Å²) in [7, 11) is 1.96. The number of carbonyl (C=O) groups is 1. The van der Waals surface area contributed by atoms with Crippen LogP contribution < -0.4 is 0 Å². The lowest BCUT2D eigenvalue weighted by molar-refractivity contribution is 0.0801. The second-order valence-electron chi connectivity index (χ2n) is 5.98. The van der Waals surface area contributed by atoms with Gasteiger partial charge in [0.1, 0.15) is 0 Å². The smallest absolute Gasteiger partial charge is 0.179 e. The van der Waals surface area contributed by atoms with Crippen molar-refractivity contribution < 1.29 is 13.6 Å². The van der Waals surface area contributed by atoms with Crippen molar-refractivity contribution >= 4 is 5.78 Å². The van der Waals surface area contributed by atoms with Crippen molar-refractivity contribution in [3.05, 3.63) is 35.4 Å². The molecular weight excluding hydrogens is 272 g/mol. The number of halogens is 2. The summed E-state index contributed by atoms with van der Waals surface area (Å²) in [4.78, 5) is 14.5. The third kappa shape index (κ3) is 3.88. The summed E-state index contributed by atoms with van der Waals surface area (Å²) in [6, 6.07) is 3.45. The van der Waals surface area contributed by atoms with Gasteiger partial charge in [-0.3, -0.25) is 9.69 Å². The lowest BCUT2D eigenvalue weighted by Gasteiger charge is -2.31. The van der Waals surface area contributed by atoms with Crippen LogP contribution in [0.25, 0.3) is 0 Å². The molecule has 1 aromatic rings. The van der Waals surface area contributed by atoms with E-state index in [-0.39, 0.29) is 17.4 Å². The summed E-state index contributed by atoms with van der Waals surface area (Å²) in [5.74, 6) is -2.04. The van der Waals surface area contributed by atoms with Crippen LogP contribution in [-0.4, -0.2) is 29.8 Å². The van der Waals surface area contributed by atoms with Gasteiger partial charge in [0.05, 0.1) is 6.04 Å². The van der Waals surface area contributed by atoms with Gasteiger partial charge in [-0.25, -0.2) is 8.78 Å². The Morgan fingerprint density at radius 3 is 2.33 bits per heavy atom. The highest BCUT2D eigenvalue weighted by Gasteiger charge is 2.26. The quantitative estimate of drug-likeness (QED) is 0.613. The van der Waals surface area contributed by atoms with E-state index in [9.17, 15) is 13.6 Å². The minimum absolute atomic E-state index is 0.152. The predicted octanol–water partition coefficient (Wildman–Crippen LogP) is 4.19. The van der Waals surface area contributed by atoms with Crippen molar-refractivity contribution in [1.82, 2.24) is 4.90 Å². The Morgan fingerprint density at radius 2 is 1.76 bits per heavy atom.